The van der Waals surface area contributed by atoms with E-state index in [1.54, 1.807) is 18.2 Å². The van der Waals surface area contributed by atoms with Gasteiger partial charge in [-0.05, 0) is 30.7 Å². The second-order valence-electron chi connectivity index (χ2n) is 5.44. The van der Waals surface area contributed by atoms with Crippen molar-refractivity contribution in [3.63, 3.8) is 0 Å². The van der Waals surface area contributed by atoms with E-state index in [9.17, 15) is 23.1 Å². The smallest absolute Gasteiger partial charge is 0.326 e. The number of hydrogen-bond acceptors (Lipinski definition) is 5. The average molecular weight is 381 g/mol. The van der Waals surface area contributed by atoms with Gasteiger partial charge in [-0.15, -0.1) is 11.3 Å². The molecule has 0 aliphatic rings. The number of carboxylic acids is 1. The van der Waals surface area contributed by atoms with Gasteiger partial charge in [0, 0.05) is 0 Å². The summed E-state index contributed by atoms with van der Waals surface area (Å²) in [7, 11) is -3.69. The minimum atomic E-state index is -3.69. The number of hydrogen-bond donors (Lipinski definition) is 2. The summed E-state index contributed by atoms with van der Waals surface area (Å²) < 4.78 is 25.1. The first kappa shape index (κ1) is 19.1. The van der Waals surface area contributed by atoms with Crippen LogP contribution in [0.25, 0.3) is 0 Å². The molecule has 2 N–H and O–H groups in total. The number of carbonyl (C=O) groups is 2. The monoisotopic (exact) mass is 381 g/mol. The molecule has 6 nitrogen and oxygen atoms in total. The topological polar surface area (TPSA) is 101 Å². The van der Waals surface area contributed by atoms with Crippen LogP contribution in [0.4, 0.5) is 0 Å². The van der Waals surface area contributed by atoms with Gasteiger partial charge in [0.15, 0.2) is 0 Å². The van der Waals surface area contributed by atoms with Gasteiger partial charge < -0.3 is 10.4 Å². The van der Waals surface area contributed by atoms with E-state index in [1.807, 2.05) is 6.92 Å². The Morgan fingerprint density at radius 3 is 2.44 bits per heavy atom. The first-order valence-corrected chi connectivity index (χ1v) is 10.1. The molecule has 0 radical (unpaired) electrons. The lowest BCUT2D eigenvalue weighted by Gasteiger charge is -2.13. The second kappa shape index (κ2) is 8.26. The molecule has 25 heavy (non-hydrogen) atoms. The Hall–Kier alpha value is -2.19. The summed E-state index contributed by atoms with van der Waals surface area (Å²) in [5.74, 6) is -1.68. The molecule has 0 saturated carbocycles. The molecule has 8 heteroatoms. The van der Waals surface area contributed by atoms with Crippen LogP contribution in [-0.4, -0.2) is 31.4 Å². The predicted octanol–water partition coefficient (Wildman–Crippen LogP) is 2.95. The third kappa shape index (κ3) is 4.67. The van der Waals surface area contributed by atoms with Crippen LogP contribution in [0.1, 0.15) is 35.9 Å². The molecule has 134 valence electrons. The maximum atomic E-state index is 12.5. The molecule has 0 saturated heterocycles. The number of amides is 1. The van der Waals surface area contributed by atoms with E-state index in [0.29, 0.717) is 12.8 Å². The molecule has 1 aromatic carbocycles. The van der Waals surface area contributed by atoms with Crippen LogP contribution in [0.15, 0.2) is 51.6 Å². The molecular formula is C17H19NO5S2. The van der Waals surface area contributed by atoms with Crippen molar-refractivity contribution in [3.8, 4) is 0 Å². The Bertz CT molecular complexity index is 843. The Kier molecular flexibility index (Phi) is 6.33. The summed E-state index contributed by atoms with van der Waals surface area (Å²) in [5.41, 5.74) is 0. The van der Waals surface area contributed by atoms with Crippen LogP contribution in [0.5, 0.6) is 0 Å². The summed E-state index contributed by atoms with van der Waals surface area (Å²) in [6, 6.07) is 9.72. The summed E-state index contributed by atoms with van der Waals surface area (Å²) in [6.45, 7) is 1.93. The largest absolute Gasteiger partial charge is 0.480 e. The van der Waals surface area contributed by atoms with Gasteiger partial charge in [0.25, 0.3) is 5.91 Å². The van der Waals surface area contributed by atoms with Crippen LogP contribution < -0.4 is 5.32 Å². The number of benzene rings is 1. The van der Waals surface area contributed by atoms with Gasteiger partial charge in [-0.25, -0.2) is 13.2 Å². The number of aliphatic carboxylic acids is 1. The van der Waals surface area contributed by atoms with Crippen molar-refractivity contribution in [1.82, 2.24) is 5.32 Å². The van der Waals surface area contributed by atoms with Crippen molar-refractivity contribution >= 4 is 33.1 Å². The molecule has 1 aromatic heterocycles. The van der Waals surface area contributed by atoms with E-state index >= 15 is 0 Å². The van der Waals surface area contributed by atoms with E-state index in [1.165, 1.54) is 24.3 Å². The van der Waals surface area contributed by atoms with Crippen molar-refractivity contribution in [3.05, 3.63) is 47.3 Å². The standard InChI is InChI=1S/C17H19NO5S2/c1-2-3-9-13(17(20)21)18-16(19)14-10-11-15(24-14)25(22,23)12-7-5-4-6-8-12/h4-8,10-11,13H,2-3,9H2,1H3,(H,18,19)(H,20,21). The average Bonchev–Trinajstić information content (AvgIpc) is 3.10. The molecule has 0 spiro atoms. The SMILES string of the molecule is CCCCC(NC(=O)c1ccc(S(=O)(=O)c2ccccc2)s1)C(=O)O. The van der Waals surface area contributed by atoms with Gasteiger partial charge in [-0.1, -0.05) is 38.0 Å². The second-order valence-corrected chi connectivity index (χ2v) is 8.70. The number of sulfone groups is 1. The first-order valence-electron chi connectivity index (χ1n) is 7.80. The first-order chi connectivity index (χ1) is 11.9. The van der Waals surface area contributed by atoms with Crippen molar-refractivity contribution in [2.24, 2.45) is 0 Å². The summed E-state index contributed by atoms with van der Waals surface area (Å²) in [6.07, 6.45) is 1.82. The number of nitrogens with one attached hydrogen (secondary N) is 1. The zero-order valence-corrected chi connectivity index (χ0v) is 15.3. The van der Waals surface area contributed by atoms with Crippen molar-refractivity contribution in [1.29, 1.82) is 0 Å². The molecule has 1 amide bonds. The molecule has 2 aromatic rings. The highest BCUT2D eigenvalue weighted by Crippen LogP contribution is 2.27. The van der Waals surface area contributed by atoms with Gasteiger partial charge in [-0.2, -0.15) is 0 Å². The van der Waals surface area contributed by atoms with Crippen molar-refractivity contribution in [2.75, 3.05) is 0 Å². The zero-order chi connectivity index (χ0) is 18.4. The number of unbranched alkanes of at least 4 members (excludes halogenated alkanes) is 1. The number of rotatable bonds is 8. The molecule has 0 aliphatic heterocycles. The Labute approximate surface area is 150 Å². The number of thiophene rings is 1. The Balaban J connectivity index is 2.17. The van der Waals surface area contributed by atoms with E-state index in [4.69, 9.17) is 0 Å². The molecule has 1 heterocycles. The van der Waals surface area contributed by atoms with Crippen LogP contribution in [0.3, 0.4) is 0 Å². The normalized spacial score (nSPS) is 12.5. The number of carbonyl (C=O) groups excluding carboxylic acids is 1. The fourth-order valence-electron chi connectivity index (χ4n) is 2.20. The fourth-order valence-corrected chi connectivity index (χ4v) is 4.83. The fraction of sp³-hybridized carbons (Fsp3) is 0.294. The lowest BCUT2D eigenvalue weighted by Crippen LogP contribution is -2.40. The Morgan fingerprint density at radius 1 is 1.16 bits per heavy atom. The molecule has 0 aliphatic carbocycles. The van der Waals surface area contributed by atoms with E-state index in [2.05, 4.69) is 5.32 Å². The third-order valence-electron chi connectivity index (χ3n) is 3.57. The van der Waals surface area contributed by atoms with Gasteiger partial charge >= 0.3 is 5.97 Å². The van der Waals surface area contributed by atoms with E-state index in [0.717, 1.165) is 17.8 Å². The minimum absolute atomic E-state index is 0.0456. The highest BCUT2D eigenvalue weighted by Gasteiger charge is 2.24. The van der Waals surface area contributed by atoms with Crippen LogP contribution in [0, 0.1) is 0 Å². The van der Waals surface area contributed by atoms with Crippen molar-refractivity contribution < 1.29 is 23.1 Å². The van der Waals surface area contributed by atoms with Crippen LogP contribution in [-0.2, 0) is 14.6 Å². The molecular weight excluding hydrogens is 362 g/mol. The predicted molar refractivity (Wildman–Crippen MR) is 94.6 cm³/mol. The van der Waals surface area contributed by atoms with Gasteiger partial charge in [0.2, 0.25) is 9.84 Å². The summed E-state index contributed by atoms with van der Waals surface area (Å²) in [4.78, 5) is 23.8. The van der Waals surface area contributed by atoms with E-state index < -0.39 is 27.8 Å². The van der Waals surface area contributed by atoms with Gasteiger partial charge in [-0.3, -0.25) is 4.79 Å². The summed E-state index contributed by atoms with van der Waals surface area (Å²) in [5, 5.41) is 11.6. The lowest BCUT2D eigenvalue weighted by molar-refractivity contribution is -0.139. The van der Waals surface area contributed by atoms with Crippen molar-refractivity contribution in [2.45, 2.75) is 41.3 Å². The van der Waals surface area contributed by atoms with Crippen LogP contribution in [0.2, 0.25) is 0 Å². The molecule has 1 atom stereocenters. The molecule has 1 unspecified atom stereocenters. The maximum absolute atomic E-state index is 12.5. The summed E-state index contributed by atoms with van der Waals surface area (Å²) >= 11 is 0.827. The number of carboxylic acid groups (broad SMARTS) is 1. The van der Waals surface area contributed by atoms with Crippen LogP contribution >= 0.6 is 11.3 Å². The maximum Gasteiger partial charge on any atom is 0.326 e. The zero-order valence-electron chi connectivity index (χ0n) is 13.6. The quantitative estimate of drug-likeness (QED) is 0.732. The lowest BCUT2D eigenvalue weighted by atomic mass is 10.1. The highest BCUT2D eigenvalue weighted by atomic mass is 32.2. The highest BCUT2D eigenvalue weighted by molar-refractivity contribution is 7.93. The molecule has 0 bridgehead atoms. The minimum Gasteiger partial charge on any atom is -0.480 e. The van der Waals surface area contributed by atoms with E-state index in [-0.39, 0.29) is 14.0 Å². The van der Waals surface area contributed by atoms with Gasteiger partial charge in [0.05, 0.1) is 9.77 Å². The molecule has 0 fully saturated rings. The van der Waals surface area contributed by atoms with Gasteiger partial charge in [0.1, 0.15) is 10.3 Å². The third-order valence-corrected chi connectivity index (χ3v) is 6.92. The Morgan fingerprint density at radius 2 is 1.84 bits per heavy atom. The molecule has 2 rings (SSSR count).